The molecule has 2 saturated carbocycles. The summed E-state index contributed by atoms with van der Waals surface area (Å²) in [6, 6.07) is 21.5. The fourth-order valence-electron chi connectivity index (χ4n) is 4.40. The molecule has 0 heterocycles. The number of hydrogen-bond donors (Lipinski definition) is 3. The number of nitrogens with zero attached hydrogens (tertiary/aromatic N) is 1. The quantitative estimate of drug-likeness (QED) is 0.348. The fourth-order valence-corrected chi connectivity index (χ4v) is 4.72. The summed E-state index contributed by atoms with van der Waals surface area (Å²) in [4.78, 5) is 22.9. The van der Waals surface area contributed by atoms with Crippen LogP contribution in [0.3, 0.4) is 0 Å². The van der Waals surface area contributed by atoms with Crippen LogP contribution in [0.4, 0.5) is 9.59 Å². The van der Waals surface area contributed by atoms with Crippen LogP contribution in [0.15, 0.2) is 60.7 Å². The van der Waals surface area contributed by atoms with Gasteiger partial charge in [-0.3, -0.25) is 9.59 Å². The first-order chi connectivity index (χ1) is 16.3. The molecule has 196 valence electrons. The van der Waals surface area contributed by atoms with Crippen molar-refractivity contribution in [1.82, 2.24) is 4.90 Å². The molecule has 0 aromatic heterocycles. The van der Waals surface area contributed by atoms with Gasteiger partial charge < -0.3 is 10.6 Å². The molecule has 4 nitrogen and oxygen atoms in total. The molecule has 0 bridgehead atoms. The lowest BCUT2D eigenvalue weighted by atomic mass is 9.89. The van der Waals surface area contributed by atoms with E-state index in [1.165, 1.54) is 75.3 Å². The van der Waals surface area contributed by atoms with Gasteiger partial charge in [-0.1, -0.05) is 143 Å². The van der Waals surface area contributed by atoms with Crippen molar-refractivity contribution in [2.24, 2.45) is 5.73 Å². The maximum Gasteiger partial charge on any atom is 0.279 e. The number of aryl methyl sites for hydroxylation is 2. The minimum Gasteiger partial charge on any atom is -0.361 e. The monoisotopic (exact) mass is 518 g/mol. The summed E-state index contributed by atoms with van der Waals surface area (Å²) < 4.78 is 0. The van der Waals surface area contributed by atoms with Gasteiger partial charge in [0.2, 0.25) is 0 Å². The van der Waals surface area contributed by atoms with Crippen molar-refractivity contribution >= 4 is 35.7 Å². The second-order valence-electron chi connectivity index (χ2n) is 8.92. The second-order valence-corrected chi connectivity index (χ2v) is 9.74. The molecule has 35 heavy (non-hydrogen) atoms. The van der Waals surface area contributed by atoms with Gasteiger partial charge in [-0.2, -0.15) is 0 Å². The maximum atomic E-state index is 11.7. The summed E-state index contributed by atoms with van der Waals surface area (Å²) in [6.07, 6.45) is 12.6. The zero-order valence-electron chi connectivity index (χ0n) is 20.7. The predicted molar refractivity (Wildman–Crippen MR) is 158 cm³/mol. The average molecular weight is 519 g/mol. The van der Waals surface area contributed by atoms with E-state index >= 15 is 0 Å². The van der Waals surface area contributed by atoms with Crippen LogP contribution in [-0.2, 0) is 0 Å². The summed E-state index contributed by atoms with van der Waals surface area (Å²) in [5, 5.41) is -0.626. The largest absolute Gasteiger partial charge is 0.361 e. The van der Waals surface area contributed by atoms with E-state index in [-0.39, 0.29) is 12.7 Å². The minimum absolute atomic E-state index is 0. The Hall–Kier alpha value is -1.92. The molecule has 6 heteroatoms. The van der Waals surface area contributed by atoms with Crippen molar-refractivity contribution in [1.29, 1.82) is 0 Å². The van der Waals surface area contributed by atoms with Crippen molar-refractivity contribution in [3.8, 4) is 0 Å². The highest BCUT2D eigenvalue weighted by molar-refractivity contribution is 7.96. The van der Waals surface area contributed by atoms with Gasteiger partial charge >= 0.3 is 0 Å². The third kappa shape index (κ3) is 16.4. The number of nitrogens with two attached hydrogens (primary N) is 1. The van der Waals surface area contributed by atoms with E-state index in [0.717, 1.165) is 0 Å². The lowest BCUT2D eigenvalue weighted by Crippen LogP contribution is -2.46. The normalized spacial score (nSPS) is 15.3. The molecule has 0 spiro atoms. The highest BCUT2D eigenvalue weighted by Gasteiger charge is 2.30. The molecular formula is C29H46N2O2S2. The standard InChI is InChI=1S/C13H23NOS.2C7H8.CH3NOS.CH4/c15-13(16)14(11-7-3-1-4-8-11)12-9-5-2-6-10-12;2*1-7-5-3-2-4-6-7;2-1(3)4;/h11-12H,1-10H2,(H,15,16);2*2-6H,1H3;(H3,2,3,4);1H4. The fraction of sp³-hybridized carbons (Fsp3) is 0.517. The lowest BCUT2D eigenvalue weighted by molar-refractivity contribution is 0.122. The Bertz CT molecular complexity index is 731. The molecule has 0 atom stereocenters. The summed E-state index contributed by atoms with van der Waals surface area (Å²) in [6.45, 7) is 4.17. The molecule has 2 N–H and O–H groups in total. The van der Waals surface area contributed by atoms with E-state index in [4.69, 9.17) is 4.79 Å². The first-order valence-corrected chi connectivity index (χ1v) is 13.2. The number of amides is 2. The summed E-state index contributed by atoms with van der Waals surface area (Å²) >= 11 is 7.21. The summed E-state index contributed by atoms with van der Waals surface area (Å²) in [7, 11) is 0. The molecular weight excluding hydrogens is 472 g/mol. The molecule has 2 aromatic carbocycles. The van der Waals surface area contributed by atoms with Crippen LogP contribution in [0.1, 0.15) is 82.8 Å². The zero-order chi connectivity index (χ0) is 25.2. The van der Waals surface area contributed by atoms with E-state index < -0.39 is 5.24 Å². The predicted octanol–water partition coefficient (Wildman–Crippen LogP) is 8.62. The SMILES string of the molecule is C.Cc1ccccc1.Cc1ccccc1.NC(=O)S.O=C(S)N(C1CCCCC1)C1CCCCC1. The summed E-state index contributed by atoms with van der Waals surface area (Å²) in [5.74, 6) is 0. The number of benzene rings is 2. The van der Waals surface area contributed by atoms with Gasteiger partial charge in [0.05, 0.1) is 0 Å². The van der Waals surface area contributed by atoms with Gasteiger partial charge in [-0.05, 0) is 39.5 Å². The Morgan fingerprint density at radius 1 is 0.686 bits per heavy atom. The Morgan fingerprint density at radius 2 is 0.971 bits per heavy atom. The molecule has 0 saturated heterocycles. The highest BCUT2D eigenvalue weighted by Crippen LogP contribution is 2.30. The third-order valence-corrected chi connectivity index (χ3v) is 6.27. The van der Waals surface area contributed by atoms with Gasteiger partial charge in [-0.15, -0.1) is 0 Å². The van der Waals surface area contributed by atoms with E-state index in [1.807, 2.05) is 36.4 Å². The van der Waals surface area contributed by atoms with Crippen molar-refractivity contribution in [3.63, 3.8) is 0 Å². The van der Waals surface area contributed by atoms with Crippen LogP contribution < -0.4 is 5.73 Å². The van der Waals surface area contributed by atoms with Gasteiger partial charge in [0.15, 0.2) is 0 Å². The minimum atomic E-state index is -0.639. The van der Waals surface area contributed by atoms with Crippen molar-refractivity contribution < 1.29 is 9.59 Å². The Morgan fingerprint density at radius 3 is 1.17 bits per heavy atom. The number of primary amides is 1. The molecule has 0 aliphatic heterocycles. The van der Waals surface area contributed by atoms with Gasteiger partial charge in [-0.25, -0.2) is 0 Å². The summed E-state index contributed by atoms with van der Waals surface area (Å²) in [5.41, 5.74) is 6.98. The number of hydrogen-bond acceptors (Lipinski definition) is 2. The van der Waals surface area contributed by atoms with Crippen LogP contribution in [0.2, 0.25) is 0 Å². The smallest absolute Gasteiger partial charge is 0.279 e. The number of carbonyl (C=O) groups is 2. The molecule has 0 radical (unpaired) electrons. The van der Waals surface area contributed by atoms with E-state index in [0.29, 0.717) is 12.1 Å². The second kappa shape index (κ2) is 20.3. The van der Waals surface area contributed by atoms with Crippen LogP contribution in [-0.4, -0.2) is 27.5 Å². The molecule has 2 amide bonds. The van der Waals surface area contributed by atoms with Gasteiger partial charge in [0.25, 0.3) is 10.5 Å². The highest BCUT2D eigenvalue weighted by atomic mass is 32.1. The van der Waals surface area contributed by atoms with Crippen LogP contribution in [0, 0.1) is 13.8 Å². The lowest BCUT2D eigenvalue weighted by Gasteiger charge is -2.40. The molecule has 2 aliphatic rings. The zero-order valence-corrected chi connectivity index (χ0v) is 22.5. The van der Waals surface area contributed by atoms with Crippen LogP contribution in [0.5, 0.6) is 0 Å². The number of thiol groups is 2. The van der Waals surface area contributed by atoms with Crippen LogP contribution in [0.25, 0.3) is 0 Å². The Balaban J connectivity index is 0.000000507. The van der Waals surface area contributed by atoms with Gasteiger partial charge in [0, 0.05) is 12.1 Å². The topological polar surface area (TPSA) is 63.4 Å². The molecule has 2 fully saturated rings. The first-order valence-electron chi connectivity index (χ1n) is 12.3. The van der Waals surface area contributed by atoms with Crippen molar-refractivity contribution in [2.75, 3.05) is 0 Å². The molecule has 4 rings (SSSR count). The van der Waals surface area contributed by atoms with E-state index in [2.05, 4.69) is 74.0 Å². The van der Waals surface area contributed by atoms with Crippen molar-refractivity contribution in [3.05, 3.63) is 71.8 Å². The Kier molecular flexibility index (Phi) is 19.2. The molecule has 2 aromatic rings. The van der Waals surface area contributed by atoms with Gasteiger partial charge in [0.1, 0.15) is 0 Å². The number of rotatable bonds is 2. The molecule has 0 unspecified atom stereocenters. The molecule has 2 aliphatic carbocycles. The third-order valence-electron chi connectivity index (χ3n) is 6.04. The van der Waals surface area contributed by atoms with E-state index in [9.17, 15) is 4.79 Å². The van der Waals surface area contributed by atoms with Crippen molar-refractivity contribution in [2.45, 2.75) is 97.6 Å². The number of carbonyl (C=O) groups excluding carboxylic acids is 2. The first kappa shape index (κ1) is 33.1. The van der Waals surface area contributed by atoms with E-state index in [1.54, 1.807) is 0 Å². The average Bonchev–Trinajstić information content (AvgIpc) is 2.82. The maximum absolute atomic E-state index is 11.7. The van der Waals surface area contributed by atoms with Crippen LogP contribution >= 0.6 is 25.3 Å². The Labute approximate surface area is 224 Å².